The number of amides is 1. The van der Waals surface area contributed by atoms with E-state index in [0.29, 0.717) is 19.6 Å². The summed E-state index contributed by atoms with van der Waals surface area (Å²) in [4.78, 5) is 16.3. The maximum Gasteiger partial charge on any atom is 0.246 e. The van der Waals surface area contributed by atoms with Crippen molar-refractivity contribution in [2.75, 3.05) is 26.2 Å². The Morgan fingerprint density at radius 1 is 1.25 bits per heavy atom. The lowest BCUT2D eigenvalue weighted by molar-refractivity contribution is -0.127. The number of nitrogens with zero attached hydrogens (tertiary/aromatic N) is 3. The maximum absolute atomic E-state index is 12.9. The Morgan fingerprint density at radius 3 is 2.58 bits per heavy atom. The van der Waals surface area contributed by atoms with Crippen molar-refractivity contribution in [3.8, 4) is 0 Å². The number of halogens is 1. The van der Waals surface area contributed by atoms with Gasteiger partial charge in [-0.15, -0.1) is 0 Å². The van der Waals surface area contributed by atoms with Gasteiger partial charge in [-0.2, -0.15) is 0 Å². The van der Waals surface area contributed by atoms with Crippen LogP contribution in [0.15, 0.2) is 40.9 Å². The molecule has 0 saturated carbocycles. The van der Waals surface area contributed by atoms with E-state index in [9.17, 15) is 9.18 Å². The Morgan fingerprint density at radius 2 is 1.96 bits per heavy atom. The molecule has 0 bridgehead atoms. The Bertz CT molecular complexity index is 716. The highest BCUT2D eigenvalue weighted by Gasteiger charge is 2.20. The molecule has 0 radical (unpaired) electrons. The lowest BCUT2D eigenvalue weighted by Gasteiger charge is -2.33. The van der Waals surface area contributed by atoms with Gasteiger partial charge in [0.2, 0.25) is 5.91 Å². The van der Waals surface area contributed by atoms with Crippen LogP contribution in [0.25, 0.3) is 6.08 Å². The molecule has 1 amide bonds. The molecular weight excluding hydrogens is 309 g/mol. The number of piperazine rings is 1. The number of aromatic nitrogens is 1. The molecule has 3 rings (SSSR count). The van der Waals surface area contributed by atoms with Gasteiger partial charge in [-0.25, -0.2) is 4.39 Å². The topological polar surface area (TPSA) is 49.6 Å². The molecule has 1 fully saturated rings. The fraction of sp³-hybridized carbons (Fsp3) is 0.333. The third-order valence-corrected chi connectivity index (χ3v) is 4.03. The van der Waals surface area contributed by atoms with E-state index in [2.05, 4.69) is 10.1 Å². The zero-order valence-corrected chi connectivity index (χ0v) is 13.6. The van der Waals surface area contributed by atoms with Gasteiger partial charge in [-0.05, 0) is 30.7 Å². The van der Waals surface area contributed by atoms with Crippen LogP contribution in [0.4, 0.5) is 4.39 Å². The third kappa shape index (κ3) is 4.29. The molecule has 1 aromatic carbocycles. The highest BCUT2D eigenvalue weighted by atomic mass is 19.1. The molecule has 2 heterocycles. The van der Waals surface area contributed by atoms with Crippen LogP contribution in [-0.4, -0.2) is 47.0 Å². The lowest BCUT2D eigenvalue weighted by atomic mass is 10.2. The maximum atomic E-state index is 12.9. The van der Waals surface area contributed by atoms with Gasteiger partial charge in [0.15, 0.2) is 5.76 Å². The molecule has 2 aromatic rings. The summed E-state index contributed by atoms with van der Waals surface area (Å²) in [6.45, 7) is 5.58. The van der Waals surface area contributed by atoms with Gasteiger partial charge in [-0.1, -0.05) is 17.3 Å². The molecule has 0 aliphatic carbocycles. The number of aryl methyl sites for hydroxylation is 1. The Balaban J connectivity index is 1.48. The summed E-state index contributed by atoms with van der Waals surface area (Å²) in [7, 11) is 0. The largest absolute Gasteiger partial charge is 0.360 e. The number of rotatable bonds is 4. The number of hydrogen-bond acceptors (Lipinski definition) is 4. The Kier molecular flexibility index (Phi) is 5.05. The molecule has 0 N–H and O–H groups in total. The van der Waals surface area contributed by atoms with Crippen LogP contribution >= 0.6 is 0 Å². The summed E-state index contributed by atoms with van der Waals surface area (Å²) in [5.41, 5.74) is 1.69. The van der Waals surface area contributed by atoms with Gasteiger partial charge in [0.1, 0.15) is 5.82 Å². The van der Waals surface area contributed by atoms with Crippen LogP contribution in [0.5, 0.6) is 0 Å². The minimum atomic E-state index is -0.281. The van der Waals surface area contributed by atoms with Gasteiger partial charge in [0.05, 0.1) is 12.2 Å². The van der Waals surface area contributed by atoms with Crippen LogP contribution in [0.2, 0.25) is 0 Å². The second-order valence-electron chi connectivity index (χ2n) is 5.92. The van der Waals surface area contributed by atoms with Gasteiger partial charge in [-0.3, -0.25) is 9.69 Å². The molecule has 0 atom stereocenters. The smallest absolute Gasteiger partial charge is 0.246 e. The minimum absolute atomic E-state index is 0.0190. The molecule has 1 aliphatic rings. The highest BCUT2D eigenvalue weighted by molar-refractivity contribution is 5.91. The third-order valence-electron chi connectivity index (χ3n) is 4.03. The normalized spacial score (nSPS) is 16.0. The zero-order valence-electron chi connectivity index (χ0n) is 13.6. The second kappa shape index (κ2) is 7.40. The van der Waals surface area contributed by atoms with E-state index < -0.39 is 0 Å². The van der Waals surface area contributed by atoms with Crippen molar-refractivity contribution >= 4 is 12.0 Å². The SMILES string of the molecule is Cc1cc(CN2CCN(C(=O)/C=C/c3ccc(F)cc3)CC2)on1. The van der Waals surface area contributed by atoms with E-state index >= 15 is 0 Å². The van der Waals surface area contributed by atoms with Crippen LogP contribution < -0.4 is 0 Å². The number of hydrogen-bond donors (Lipinski definition) is 0. The van der Waals surface area contributed by atoms with Gasteiger partial charge >= 0.3 is 0 Å². The van der Waals surface area contributed by atoms with Gasteiger partial charge < -0.3 is 9.42 Å². The van der Waals surface area contributed by atoms with Crippen molar-refractivity contribution < 1.29 is 13.7 Å². The summed E-state index contributed by atoms with van der Waals surface area (Å²) in [5, 5.41) is 3.89. The van der Waals surface area contributed by atoms with E-state index in [1.165, 1.54) is 12.1 Å². The monoisotopic (exact) mass is 329 g/mol. The highest BCUT2D eigenvalue weighted by Crippen LogP contribution is 2.11. The summed E-state index contributed by atoms with van der Waals surface area (Å²) < 4.78 is 18.1. The lowest BCUT2D eigenvalue weighted by Crippen LogP contribution is -2.47. The zero-order chi connectivity index (χ0) is 16.9. The minimum Gasteiger partial charge on any atom is -0.360 e. The van der Waals surface area contributed by atoms with Crippen LogP contribution in [0.1, 0.15) is 17.0 Å². The Labute approximate surface area is 140 Å². The van der Waals surface area contributed by atoms with E-state index in [1.54, 1.807) is 24.3 Å². The summed E-state index contributed by atoms with van der Waals surface area (Å²) in [6, 6.07) is 8.00. The van der Waals surface area contributed by atoms with E-state index in [-0.39, 0.29) is 11.7 Å². The number of benzene rings is 1. The van der Waals surface area contributed by atoms with Crippen LogP contribution in [-0.2, 0) is 11.3 Å². The van der Waals surface area contributed by atoms with E-state index in [1.807, 2.05) is 17.9 Å². The number of carbonyl (C=O) groups excluding carboxylic acids is 1. The average Bonchev–Trinajstić information content (AvgIpc) is 2.99. The fourth-order valence-corrected chi connectivity index (χ4v) is 2.68. The summed E-state index contributed by atoms with van der Waals surface area (Å²) in [5.74, 6) is 0.550. The molecule has 5 nitrogen and oxygen atoms in total. The first-order valence-electron chi connectivity index (χ1n) is 7.97. The van der Waals surface area contributed by atoms with E-state index in [4.69, 9.17) is 4.52 Å². The fourth-order valence-electron chi connectivity index (χ4n) is 2.68. The van der Waals surface area contributed by atoms with Crippen LogP contribution in [0, 0.1) is 12.7 Å². The molecule has 24 heavy (non-hydrogen) atoms. The summed E-state index contributed by atoms with van der Waals surface area (Å²) in [6.07, 6.45) is 3.26. The van der Waals surface area contributed by atoms with Crippen molar-refractivity contribution in [1.82, 2.24) is 15.0 Å². The number of carbonyl (C=O) groups is 1. The molecule has 6 heteroatoms. The second-order valence-corrected chi connectivity index (χ2v) is 5.92. The summed E-state index contributed by atoms with van der Waals surface area (Å²) >= 11 is 0. The first-order chi connectivity index (χ1) is 11.6. The Hall–Kier alpha value is -2.47. The van der Waals surface area contributed by atoms with Crippen molar-refractivity contribution in [3.63, 3.8) is 0 Å². The van der Waals surface area contributed by atoms with Gasteiger partial charge in [0.25, 0.3) is 0 Å². The van der Waals surface area contributed by atoms with E-state index in [0.717, 1.165) is 30.1 Å². The molecule has 1 aromatic heterocycles. The molecule has 126 valence electrons. The average molecular weight is 329 g/mol. The first-order valence-corrected chi connectivity index (χ1v) is 7.97. The van der Waals surface area contributed by atoms with Crippen LogP contribution in [0.3, 0.4) is 0 Å². The first kappa shape index (κ1) is 16.4. The van der Waals surface area contributed by atoms with Gasteiger partial charge in [0, 0.05) is 38.3 Å². The molecule has 1 saturated heterocycles. The predicted octanol–water partition coefficient (Wildman–Crippen LogP) is 2.48. The molecular formula is C18H20FN3O2. The van der Waals surface area contributed by atoms with Crippen molar-refractivity contribution in [2.24, 2.45) is 0 Å². The van der Waals surface area contributed by atoms with Crippen molar-refractivity contribution in [3.05, 3.63) is 59.2 Å². The molecule has 1 aliphatic heterocycles. The predicted molar refractivity (Wildman–Crippen MR) is 88.5 cm³/mol. The quantitative estimate of drug-likeness (QED) is 0.809. The van der Waals surface area contributed by atoms with Crippen molar-refractivity contribution in [1.29, 1.82) is 0 Å². The standard InChI is InChI=1S/C18H20FN3O2/c1-14-12-17(24-20-14)13-21-8-10-22(11-9-21)18(23)7-4-15-2-5-16(19)6-3-15/h2-7,12H,8-11,13H2,1H3/b7-4+. The van der Waals surface area contributed by atoms with Crippen molar-refractivity contribution in [2.45, 2.75) is 13.5 Å². The molecule has 0 unspecified atom stereocenters. The molecule has 0 spiro atoms.